The minimum Gasteiger partial charge on any atom is -0.392 e. The van der Waals surface area contributed by atoms with Gasteiger partial charge in [-0.15, -0.1) is 0 Å². The van der Waals surface area contributed by atoms with Crippen LogP contribution in [-0.4, -0.2) is 13.5 Å². The lowest BCUT2D eigenvalue weighted by atomic mass is 10.2. The van der Waals surface area contributed by atoms with E-state index in [2.05, 4.69) is 4.72 Å². The zero-order valence-electron chi connectivity index (χ0n) is 10.9. The Kier molecular flexibility index (Phi) is 4.66. The van der Waals surface area contributed by atoms with Crippen LogP contribution in [0.15, 0.2) is 47.4 Å². The lowest BCUT2D eigenvalue weighted by Crippen LogP contribution is -2.24. The van der Waals surface area contributed by atoms with Gasteiger partial charge in [-0.3, -0.25) is 0 Å². The monoisotopic (exact) mass is 313 g/mol. The molecule has 112 valence electrons. The zero-order valence-corrected chi connectivity index (χ0v) is 11.7. The SMILES string of the molecule is O=S(=O)(NCc1ccc(F)c(F)c1)c1ccccc1CO. The second-order valence-corrected chi connectivity index (χ2v) is 6.07. The maximum Gasteiger partial charge on any atom is 0.241 e. The van der Waals surface area contributed by atoms with E-state index in [0.29, 0.717) is 5.56 Å². The highest BCUT2D eigenvalue weighted by atomic mass is 32.2. The standard InChI is InChI=1S/C14H13F2NO3S/c15-12-6-5-10(7-13(12)16)8-17-21(19,20)14-4-2-1-3-11(14)9-18/h1-7,17-18H,8-9H2. The first-order chi connectivity index (χ1) is 9.94. The van der Waals surface area contributed by atoms with Gasteiger partial charge in [0, 0.05) is 6.54 Å². The van der Waals surface area contributed by atoms with Crippen LogP contribution >= 0.6 is 0 Å². The molecule has 0 unspecified atom stereocenters. The molecule has 0 saturated heterocycles. The van der Waals surface area contributed by atoms with Crippen LogP contribution in [0.25, 0.3) is 0 Å². The van der Waals surface area contributed by atoms with Gasteiger partial charge in [0.25, 0.3) is 0 Å². The number of hydrogen-bond donors (Lipinski definition) is 2. The molecule has 0 spiro atoms. The number of sulfonamides is 1. The predicted octanol–water partition coefficient (Wildman–Crippen LogP) is 1.94. The van der Waals surface area contributed by atoms with Crippen molar-refractivity contribution in [3.8, 4) is 0 Å². The minimum atomic E-state index is -3.85. The third-order valence-electron chi connectivity index (χ3n) is 2.88. The number of hydrogen-bond acceptors (Lipinski definition) is 3. The summed E-state index contributed by atoms with van der Waals surface area (Å²) in [6.45, 7) is -0.596. The van der Waals surface area contributed by atoms with Crippen LogP contribution in [0.1, 0.15) is 11.1 Å². The summed E-state index contributed by atoms with van der Waals surface area (Å²) in [5.41, 5.74) is 0.550. The summed E-state index contributed by atoms with van der Waals surface area (Å²) in [6.07, 6.45) is 0. The highest BCUT2D eigenvalue weighted by Crippen LogP contribution is 2.16. The molecule has 0 fully saturated rings. The summed E-state index contributed by atoms with van der Waals surface area (Å²) in [6, 6.07) is 9.14. The molecule has 21 heavy (non-hydrogen) atoms. The zero-order chi connectivity index (χ0) is 15.5. The summed E-state index contributed by atoms with van der Waals surface area (Å²) >= 11 is 0. The van der Waals surface area contributed by atoms with Crippen molar-refractivity contribution in [2.45, 2.75) is 18.0 Å². The Morgan fingerprint density at radius 1 is 1.05 bits per heavy atom. The van der Waals surface area contributed by atoms with Crippen molar-refractivity contribution in [2.75, 3.05) is 0 Å². The lowest BCUT2D eigenvalue weighted by Gasteiger charge is -2.10. The summed E-state index contributed by atoms with van der Waals surface area (Å²) in [7, 11) is -3.85. The van der Waals surface area contributed by atoms with Gasteiger partial charge in [0.1, 0.15) is 0 Å². The third kappa shape index (κ3) is 3.63. The average Bonchev–Trinajstić information content (AvgIpc) is 2.48. The molecule has 0 aliphatic heterocycles. The minimum absolute atomic E-state index is 0.0462. The predicted molar refractivity (Wildman–Crippen MR) is 72.7 cm³/mol. The molecular weight excluding hydrogens is 300 g/mol. The van der Waals surface area contributed by atoms with Crippen LogP contribution in [0.2, 0.25) is 0 Å². The summed E-state index contributed by atoms with van der Waals surface area (Å²) in [4.78, 5) is -0.0462. The Hall–Kier alpha value is -1.83. The van der Waals surface area contributed by atoms with Gasteiger partial charge in [-0.25, -0.2) is 21.9 Å². The van der Waals surface area contributed by atoms with Crippen LogP contribution in [0.3, 0.4) is 0 Å². The highest BCUT2D eigenvalue weighted by Gasteiger charge is 2.17. The Labute approximate surface area is 121 Å². The molecule has 7 heteroatoms. The molecule has 0 bridgehead atoms. The van der Waals surface area contributed by atoms with E-state index in [1.165, 1.54) is 24.3 Å². The Morgan fingerprint density at radius 3 is 2.43 bits per heavy atom. The molecule has 0 aromatic heterocycles. The van der Waals surface area contributed by atoms with Crippen molar-refractivity contribution >= 4 is 10.0 Å². The number of nitrogens with one attached hydrogen (secondary N) is 1. The van der Waals surface area contributed by atoms with E-state index in [1.807, 2.05) is 0 Å². The van der Waals surface area contributed by atoms with Crippen LogP contribution in [-0.2, 0) is 23.2 Å². The van der Waals surface area contributed by atoms with Gasteiger partial charge < -0.3 is 5.11 Å². The van der Waals surface area contributed by atoms with Crippen LogP contribution in [0.5, 0.6) is 0 Å². The molecule has 0 radical (unpaired) electrons. The fourth-order valence-corrected chi connectivity index (χ4v) is 3.05. The first-order valence-corrected chi connectivity index (χ1v) is 7.54. The molecule has 2 aromatic carbocycles. The fourth-order valence-electron chi connectivity index (χ4n) is 1.80. The van der Waals surface area contributed by atoms with Gasteiger partial charge in [-0.1, -0.05) is 24.3 Å². The Balaban J connectivity index is 2.20. The number of aliphatic hydroxyl groups excluding tert-OH is 1. The molecule has 0 heterocycles. The molecule has 2 N–H and O–H groups in total. The van der Waals surface area contributed by atoms with Gasteiger partial charge in [-0.2, -0.15) is 0 Å². The molecule has 0 saturated carbocycles. The first-order valence-electron chi connectivity index (χ1n) is 6.06. The molecule has 4 nitrogen and oxygen atoms in total. The second kappa shape index (κ2) is 6.30. The van der Waals surface area contributed by atoms with E-state index in [-0.39, 0.29) is 17.0 Å². The lowest BCUT2D eigenvalue weighted by molar-refractivity contribution is 0.278. The van der Waals surface area contributed by atoms with E-state index in [9.17, 15) is 17.2 Å². The topological polar surface area (TPSA) is 66.4 Å². The third-order valence-corrected chi connectivity index (χ3v) is 4.38. The summed E-state index contributed by atoms with van der Waals surface area (Å²) in [5.74, 6) is -2.03. The summed E-state index contributed by atoms with van der Waals surface area (Å²) in [5, 5.41) is 9.15. The van der Waals surface area contributed by atoms with Crippen LogP contribution < -0.4 is 4.72 Å². The van der Waals surface area contributed by atoms with Gasteiger partial charge >= 0.3 is 0 Å². The number of aliphatic hydroxyl groups is 1. The maximum atomic E-state index is 13.1. The number of benzene rings is 2. The van der Waals surface area contributed by atoms with Gasteiger partial charge in [0.05, 0.1) is 11.5 Å². The quantitative estimate of drug-likeness (QED) is 0.886. The van der Waals surface area contributed by atoms with Crippen molar-refractivity contribution in [3.05, 3.63) is 65.2 Å². The number of rotatable bonds is 5. The average molecular weight is 313 g/mol. The first kappa shape index (κ1) is 15.6. The summed E-state index contributed by atoms with van der Waals surface area (Å²) < 4.78 is 52.4. The smallest absolute Gasteiger partial charge is 0.241 e. The fraction of sp³-hybridized carbons (Fsp3) is 0.143. The second-order valence-electron chi connectivity index (χ2n) is 4.34. The van der Waals surface area contributed by atoms with Gasteiger partial charge in [0.15, 0.2) is 11.6 Å². The van der Waals surface area contributed by atoms with Crippen molar-refractivity contribution in [2.24, 2.45) is 0 Å². The maximum absolute atomic E-state index is 13.1. The van der Waals surface area contributed by atoms with E-state index in [4.69, 9.17) is 5.11 Å². The number of halogens is 2. The van der Waals surface area contributed by atoms with Gasteiger partial charge in [0.2, 0.25) is 10.0 Å². The van der Waals surface area contributed by atoms with Crippen molar-refractivity contribution < 1.29 is 22.3 Å². The molecule has 0 amide bonds. The molecule has 0 atom stereocenters. The molecular formula is C14H13F2NO3S. The largest absolute Gasteiger partial charge is 0.392 e. The van der Waals surface area contributed by atoms with Crippen molar-refractivity contribution in [1.29, 1.82) is 0 Å². The molecule has 2 rings (SSSR count). The van der Waals surface area contributed by atoms with E-state index < -0.39 is 28.3 Å². The normalized spacial score (nSPS) is 11.6. The molecule has 2 aromatic rings. The van der Waals surface area contributed by atoms with Crippen molar-refractivity contribution in [1.82, 2.24) is 4.72 Å². The van der Waals surface area contributed by atoms with Crippen LogP contribution in [0.4, 0.5) is 8.78 Å². The molecule has 0 aliphatic carbocycles. The Bertz CT molecular complexity index is 748. The van der Waals surface area contributed by atoms with E-state index in [0.717, 1.165) is 12.1 Å². The van der Waals surface area contributed by atoms with E-state index >= 15 is 0 Å². The van der Waals surface area contributed by atoms with Crippen LogP contribution in [0, 0.1) is 11.6 Å². The van der Waals surface area contributed by atoms with E-state index in [1.54, 1.807) is 6.07 Å². The molecule has 0 aliphatic rings. The van der Waals surface area contributed by atoms with Gasteiger partial charge in [-0.05, 0) is 29.3 Å². The van der Waals surface area contributed by atoms with Crippen molar-refractivity contribution in [3.63, 3.8) is 0 Å². The Morgan fingerprint density at radius 2 is 1.76 bits per heavy atom. The highest BCUT2D eigenvalue weighted by molar-refractivity contribution is 7.89.